The van der Waals surface area contributed by atoms with Crippen LogP contribution >= 0.6 is 0 Å². The fraction of sp³-hybridized carbons (Fsp3) is 0.0909. The van der Waals surface area contributed by atoms with Gasteiger partial charge in [-0.2, -0.15) is 0 Å². The van der Waals surface area contributed by atoms with E-state index in [-0.39, 0.29) is 11.6 Å². The standard InChI is InChI=1S/C22H18N4O2/c1-15-4-2-3-5-19(15)21(17-10-12-23-13-11-17)26-14-20(24-25-26)16-6-8-18(9-7-16)22(27)28/h2-14,21H,1H3,(H,27,28)/t21-/m1/s1. The van der Waals surface area contributed by atoms with Crippen LogP contribution in [0.3, 0.4) is 0 Å². The summed E-state index contributed by atoms with van der Waals surface area (Å²) in [5.74, 6) is -0.951. The van der Waals surface area contributed by atoms with Gasteiger partial charge < -0.3 is 5.11 Å². The molecule has 138 valence electrons. The Morgan fingerprint density at radius 3 is 2.39 bits per heavy atom. The molecule has 2 aromatic carbocycles. The summed E-state index contributed by atoms with van der Waals surface area (Å²) in [7, 11) is 0. The summed E-state index contributed by atoms with van der Waals surface area (Å²) in [4.78, 5) is 15.2. The molecule has 1 atom stereocenters. The van der Waals surface area contributed by atoms with E-state index >= 15 is 0 Å². The van der Waals surface area contributed by atoms with Gasteiger partial charge in [-0.3, -0.25) is 4.98 Å². The Balaban J connectivity index is 1.76. The van der Waals surface area contributed by atoms with Gasteiger partial charge in [0, 0.05) is 18.0 Å². The van der Waals surface area contributed by atoms with Crippen LogP contribution in [0.2, 0.25) is 0 Å². The minimum atomic E-state index is -0.951. The van der Waals surface area contributed by atoms with Crippen LogP contribution in [0.4, 0.5) is 0 Å². The molecule has 0 aliphatic carbocycles. The molecule has 0 aliphatic heterocycles. The van der Waals surface area contributed by atoms with Gasteiger partial charge in [0.15, 0.2) is 0 Å². The summed E-state index contributed by atoms with van der Waals surface area (Å²) in [5.41, 5.74) is 5.09. The highest BCUT2D eigenvalue weighted by Gasteiger charge is 2.20. The van der Waals surface area contributed by atoms with Crippen molar-refractivity contribution in [3.05, 3.63) is 102 Å². The van der Waals surface area contributed by atoms with Crippen LogP contribution in [0.15, 0.2) is 79.3 Å². The predicted octanol–water partition coefficient (Wildman–Crippen LogP) is 3.98. The maximum Gasteiger partial charge on any atom is 0.335 e. The highest BCUT2D eigenvalue weighted by molar-refractivity contribution is 5.88. The van der Waals surface area contributed by atoms with Gasteiger partial charge in [-0.15, -0.1) is 5.10 Å². The van der Waals surface area contributed by atoms with Gasteiger partial charge >= 0.3 is 5.97 Å². The van der Waals surface area contributed by atoms with E-state index in [1.165, 1.54) is 0 Å². The second-order valence-electron chi connectivity index (χ2n) is 6.51. The first-order valence-electron chi connectivity index (χ1n) is 8.84. The normalized spacial score (nSPS) is 11.9. The molecule has 6 heteroatoms. The lowest BCUT2D eigenvalue weighted by atomic mass is 9.96. The number of aryl methyl sites for hydroxylation is 1. The van der Waals surface area contributed by atoms with E-state index in [1.807, 2.05) is 35.1 Å². The fourth-order valence-corrected chi connectivity index (χ4v) is 3.23. The minimum Gasteiger partial charge on any atom is -0.478 e. The second-order valence-corrected chi connectivity index (χ2v) is 6.51. The molecule has 0 amide bonds. The first kappa shape index (κ1) is 17.6. The van der Waals surface area contributed by atoms with Crippen molar-refractivity contribution < 1.29 is 9.90 Å². The number of hydrogen-bond donors (Lipinski definition) is 1. The Bertz CT molecular complexity index is 1100. The monoisotopic (exact) mass is 370 g/mol. The number of hydrogen-bond acceptors (Lipinski definition) is 4. The Morgan fingerprint density at radius 1 is 1.00 bits per heavy atom. The summed E-state index contributed by atoms with van der Waals surface area (Å²) >= 11 is 0. The van der Waals surface area contributed by atoms with Gasteiger partial charge in [0.2, 0.25) is 0 Å². The Labute approximate surface area is 162 Å². The van der Waals surface area contributed by atoms with Crippen LogP contribution in [0.1, 0.15) is 33.1 Å². The molecule has 0 spiro atoms. The highest BCUT2D eigenvalue weighted by atomic mass is 16.4. The molecule has 1 N–H and O–H groups in total. The zero-order valence-corrected chi connectivity index (χ0v) is 15.2. The van der Waals surface area contributed by atoms with E-state index in [9.17, 15) is 4.79 Å². The average molecular weight is 370 g/mol. The van der Waals surface area contributed by atoms with Crippen LogP contribution in [-0.4, -0.2) is 31.1 Å². The number of aromatic nitrogens is 4. The van der Waals surface area contributed by atoms with Gasteiger partial charge in [-0.1, -0.05) is 41.6 Å². The van der Waals surface area contributed by atoms with Crippen molar-refractivity contribution in [3.63, 3.8) is 0 Å². The molecule has 28 heavy (non-hydrogen) atoms. The molecule has 4 aromatic rings. The number of benzene rings is 2. The second kappa shape index (κ2) is 7.44. The molecule has 0 aliphatic rings. The van der Waals surface area contributed by atoms with Crippen LogP contribution in [0.5, 0.6) is 0 Å². The van der Waals surface area contributed by atoms with Crippen molar-refractivity contribution >= 4 is 5.97 Å². The molecule has 0 saturated heterocycles. The highest BCUT2D eigenvalue weighted by Crippen LogP contribution is 2.29. The summed E-state index contributed by atoms with van der Waals surface area (Å²) in [6.45, 7) is 2.08. The number of aromatic carboxylic acids is 1. The molecule has 0 saturated carbocycles. The van der Waals surface area contributed by atoms with Crippen molar-refractivity contribution in [2.75, 3.05) is 0 Å². The Hall–Kier alpha value is -3.80. The molecule has 0 unspecified atom stereocenters. The molecule has 0 bridgehead atoms. The van der Waals surface area contributed by atoms with Crippen LogP contribution < -0.4 is 0 Å². The summed E-state index contributed by atoms with van der Waals surface area (Å²) in [5, 5.41) is 17.8. The van der Waals surface area contributed by atoms with E-state index in [0.29, 0.717) is 5.69 Å². The maximum atomic E-state index is 11.1. The zero-order chi connectivity index (χ0) is 19.5. The number of pyridine rings is 1. The molecular formula is C22H18N4O2. The molecule has 2 aromatic heterocycles. The van der Waals surface area contributed by atoms with Crippen molar-refractivity contribution in [3.8, 4) is 11.3 Å². The SMILES string of the molecule is Cc1ccccc1[C@@H](c1ccncc1)n1cc(-c2ccc(C(=O)O)cc2)nn1. The number of carboxylic acid groups (broad SMARTS) is 1. The number of nitrogens with zero attached hydrogens (tertiary/aromatic N) is 4. The summed E-state index contributed by atoms with van der Waals surface area (Å²) in [6.07, 6.45) is 5.42. The maximum absolute atomic E-state index is 11.1. The third kappa shape index (κ3) is 3.40. The largest absolute Gasteiger partial charge is 0.478 e. The van der Waals surface area contributed by atoms with Gasteiger partial charge in [-0.05, 0) is 47.9 Å². The summed E-state index contributed by atoms with van der Waals surface area (Å²) < 4.78 is 1.83. The Kier molecular flexibility index (Phi) is 4.68. The van der Waals surface area contributed by atoms with Crippen molar-refractivity contribution in [2.24, 2.45) is 0 Å². The van der Waals surface area contributed by atoms with E-state index < -0.39 is 5.97 Å². The zero-order valence-electron chi connectivity index (χ0n) is 15.2. The quantitative estimate of drug-likeness (QED) is 0.575. The lowest BCUT2D eigenvalue weighted by molar-refractivity contribution is 0.0697. The molecule has 2 heterocycles. The van der Waals surface area contributed by atoms with E-state index in [4.69, 9.17) is 5.11 Å². The third-order valence-corrected chi connectivity index (χ3v) is 4.71. The average Bonchev–Trinajstić information content (AvgIpc) is 3.20. The fourth-order valence-electron chi connectivity index (χ4n) is 3.23. The third-order valence-electron chi connectivity index (χ3n) is 4.71. The summed E-state index contributed by atoms with van der Waals surface area (Å²) in [6, 6.07) is 18.6. The smallest absolute Gasteiger partial charge is 0.335 e. The van der Waals surface area contributed by atoms with E-state index in [2.05, 4.69) is 34.4 Å². The van der Waals surface area contributed by atoms with Gasteiger partial charge in [0.1, 0.15) is 11.7 Å². The van der Waals surface area contributed by atoms with Crippen molar-refractivity contribution in [2.45, 2.75) is 13.0 Å². The van der Waals surface area contributed by atoms with Crippen molar-refractivity contribution in [1.29, 1.82) is 0 Å². The first-order chi connectivity index (χ1) is 13.6. The van der Waals surface area contributed by atoms with Crippen LogP contribution in [0.25, 0.3) is 11.3 Å². The number of carboxylic acids is 1. The lowest BCUT2D eigenvalue weighted by Crippen LogP contribution is -2.14. The van der Waals surface area contributed by atoms with Crippen LogP contribution in [-0.2, 0) is 0 Å². The Morgan fingerprint density at radius 2 is 1.71 bits per heavy atom. The minimum absolute atomic E-state index is 0.135. The van der Waals surface area contributed by atoms with Gasteiger partial charge in [-0.25, -0.2) is 9.48 Å². The molecule has 0 fully saturated rings. The molecule has 0 radical (unpaired) electrons. The molecular weight excluding hydrogens is 352 g/mol. The van der Waals surface area contributed by atoms with Gasteiger partial charge in [0.05, 0.1) is 11.8 Å². The lowest BCUT2D eigenvalue weighted by Gasteiger charge is -2.19. The first-order valence-corrected chi connectivity index (χ1v) is 8.84. The predicted molar refractivity (Wildman–Crippen MR) is 105 cm³/mol. The van der Waals surface area contributed by atoms with Crippen molar-refractivity contribution in [1.82, 2.24) is 20.0 Å². The molecule has 6 nitrogen and oxygen atoms in total. The van der Waals surface area contributed by atoms with Gasteiger partial charge in [0.25, 0.3) is 0 Å². The number of carbonyl (C=O) groups is 1. The van der Waals surface area contributed by atoms with E-state index in [1.54, 1.807) is 36.7 Å². The van der Waals surface area contributed by atoms with E-state index in [0.717, 1.165) is 22.3 Å². The topological polar surface area (TPSA) is 80.9 Å². The molecule has 4 rings (SSSR count). The number of rotatable bonds is 5. The van der Waals surface area contributed by atoms with Crippen LogP contribution in [0, 0.1) is 6.92 Å².